The summed E-state index contributed by atoms with van der Waals surface area (Å²) in [5, 5.41) is 6.49. The van der Waals surface area contributed by atoms with Crippen molar-refractivity contribution in [2.45, 2.75) is 26.7 Å². The third kappa shape index (κ3) is 4.39. The highest BCUT2D eigenvalue weighted by atomic mass is 32.2. The molecule has 2 amide bonds. The minimum atomic E-state index is -0.190. The topological polar surface area (TPSA) is 83.4 Å². The number of rotatable bonds is 4. The largest absolute Gasteiger partial charge is 0.302 e. The fraction of sp³-hybridized carbons (Fsp3) is 0.222. The smallest absolute Gasteiger partial charge is 0.264 e. The Balaban J connectivity index is 1.80. The van der Waals surface area contributed by atoms with Crippen molar-refractivity contribution in [1.29, 1.82) is 0 Å². The fourth-order valence-corrected chi connectivity index (χ4v) is 4.06. The molecular weight excluding hydrogens is 368 g/mol. The Morgan fingerprint density at radius 1 is 1.35 bits per heavy atom. The number of amides is 2. The Labute approximate surface area is 159 Å². The lowest BCUT2D eigenvalue weighted by Crippen LogP contribution is -2.19. The van der Waals surface area contributed by atoms with Crippen molar-refractivity contribution >= 4 is 57.0 Å². The van der Waals surface area contributed by atoms with Crippen molar-refractivity contribution in [1.82, 2.24) is 10.3 Å². The Morgan fingerprint density at radius 3 is 2.85 bits per heavy atom. The molecule has 26 heavy (non-hydrogen) atoms. The number of thioether (sulfide) groups is 1. The third-order valence-electron chi connectivity index (χ3n) is 3.51. The molecule has 2 aromatic rings. The number of carbonyl (C=O) groups is 2. The quantitative estimate of drug-likeness (QED) is 0.775. The summed E-state index contributed by atoms with van der Waals surface area (Å²) in [5.74, 6) is -0.0212. The highest BCUT2D eigenvalue weighted by molar-refractivity contribution is 8.18. The first-order valence-corrected chi connectivity index (χ1v) is 9.67. The van der Waals surface area contributed by atoms with Crippen molar-refractivity contribution in [3.8, 4) is 0 Å². The van der Waals surface area contributed by atoms with Gasteiger partial charge >= 0.3 is 0 Å². The van der Waals surface area contributed by atoms with Gasteiger partial charge in [-0.1, -0.05) is 43.4 Å². The van der Waals surface area contributed by atoms with Gasteiger partial charge in [0.2, 0.25) is 5.91 Å². The number of anilines is 1. The summed E-state index contributed by atoms with van der Waals surface area (Å²) < 4.78 is 0. The lowest BCUT2D eigenvalue weighted by Gasteiger charge is -2.08. The standard InChI is InChI=1S/C18H18N4O2S2/c1-10(2)13-6-4-5-7-14(13)21-18-22-16(24)15(26-18)8-12-9-19-17(25-12)20-11(3)23/h4-10H,1-3H3,(H,19,20,23)(H,21,22,24)/b15-8-. The number of hydrogen-bond acceptors (Lipinski definition) is 6. The molecule has 3 rings (SSSR count). The van der Waals surface area contributed by atoms with E-state index >= 15 is 0 Å². The van der Waals surface area contributed by atoms with Crippen LogP contribution >= 0.6 is 23.1 Å². The van der Waals surface area contributed by atoms with Crippen LogP contribution in [-0.2, 0) is 9.59 Å². The van der Waals surface area contributed by atoms with E-state index in [4.69, 9.17) is 0 Å². The Bertz CT molecular complexity index is 915. The van der Waals surface area contributed by atoms with Crippen molar-refractivity contribution in [2.75, 3.05) is 5.32 Å². The fourth-order valence-electron chi connectivity index (χ4n) is 2.36. The van der Waals surface area contributed by atoms with Crippen LogP contribution in [0, 0.1) is 0 Å². The summed E-state index contributed by atoms with van der Waals surface area (Å²) in [6.45, 7) is 5.65. The van der Waals surface area contributed by atoms with Crippen LogP contribution in [0.3, 0.4) is 0 Å². The van der Waals surface area contributed by atoms with E-state index in [0.717, 1.165) is 16.1 Å². The van der Waals surface area contributed by atoms with Crippen LogP contribution in [0.4, 0.5) is 10.8 Å². The first kappa shape index (κ1) is 18.3. The predicted octanol–water partition coefficient (Wildman–Crippen LogP) is 4.12. The van der Waals surface area contributed by atoms with Crippen LogP contribution in [-0.4, -0.2) is 22.0 Å². The van der Waals surface area contributed by atoms with Crippen LogP contribution in [0.2, 0.25) is 0 Å². The molecule has 0 aliphatic carbocycles. The van der Waals surface area contributed by atoms with Crippen LogP contribution in [0.1, 0.15) is 37.1 Å². The summed E-state index contributed by atoms with van der Waals surface area (Å²) in [7, 11) is 0. The van der Waals surface area contributed by atoms with Gasteiger partial charge in [-0.2, -0.15) is 0 Å². The molecule has 0 saturated carbocycles. The molecule has 2 heterocycles. The number of hydrogen-bond donors (Lipinski definition) is 2. The van der Waals surface area contributed by atoms with E-state index in [1.54, 1.807) is 12.3 Å². The van der Waals surface area contributed by atoms with Gasteiger partial charge in [0.1, 0.15) is 0 Å². The number of amidine groups is 1. The molecule has 1 aromatic heterocycles. The van der Waals surface area contributed by atoms with Gasteiger partial charge in [0.25, 0.3) is 5.91 Å². The van der Waals surface area contributed by atoms with E-state index in [1.165, 1.54) is 30.0 Å². The molecule has 1 saturated heterocycles. The van der Waals surface area contributed by atoms with Crippen LogP contribution < -0.4 is 10.6 Å². The van der Waals surface area contributed by atoms with Gasteiger partial charge in [0.05, 0.1) is 15.5 Å². The van der Waals surface area contributed by atoms with Crippen molar-refractivity contribution < 1.29 is 9.59 Å². The second-order valence-corrected chi connectivity index (χ2v) is 8.04. The molecule has 0 spiro atoms. The van der Waals surface area contributed by atoms with E-state index in [-0.39, 0.29) is 11.8 Å². The number of thiazole rings is 1. The average Bonchev–Trinajstić information content (AvgIpc) is 3.14. The number of aliphatic imine (C=N–C) groups is 1. The van der Waals surface area contributed by atoms with Gasteiger partial charge in [0.15, 0.2) is 10.3 Å². The van der Waals surface area contributed by atoms with Crippen molar-refractivity contribution in [2.24, 2.45) is 4.99 Å². The first-order valence-electron chi connectivity index (χ1n) is 8.04. The number of carbonyl (C=O) groups excluding carboxylic acids is 2. The lowest BCUT2D eigenvalue weighted by molar-refractivity contribution is -0.115. The van der Waals surface area contributed by atoms with Gasteiger partial charge in [-0.05, 0) is 35.4 Å². The van der Waals surface area contributed by atoms with Gasteiger partial charge < -0.3 is 10.6 Å². The Kier molecular flexibility index (Phi) is 5.53. The zero-order valence-corrected chi connectivity index (χ0v) is 16.2. The van der Waals surface area contributed by atoms with Gasteiger partial charge in [-0.3, -0.25) is 9.59 Å². The van der Waals surface area contributed by atoms with Gasteiger partial charge in [-0.15, -0.1) is 0 Å². The molecule has 6 nitrogen and oxygen atoms in total. The second kappa shape index (κ2) is 7.84. The number of para-hydroxylation sites is 1. The maximum absolute atomic E-state index is 12.2. The van der Waals surface area contributed by atoms with E-state index in [0.29, 0.717) is 21.1 Å². The minimum absolute atomic E-state index is 0.176. The maximum atomic E-state index is 12.2. The maximum Gasteiger partial charge on any atom is 0.264 e. The van der Waals surface area contributed by atoms with Crippen LogP contribution in [0.25, 0.3) is 6.08 Å². The van der Waals surface area contributed by atoms with E-state index in [2.05, 4.69) is 34.5 Å². The molecule has 1 fully saturated rings. The second-order valence-electron chi connectivity index (χ2n) is 5.94. The van der Waals surface area contributed by atoms with Crippen molar-refractivity contribution in [3.63, 3.8) is 0 Å². The van der Waals surface area contributed by atoms with Crippen molar-refractivity contribution in [3.05, 3.63) is 45.8 Å². The highest BCUT2D eigenvalue weighted by Gasteiger charge is 2.24. The number of benzene rings is 1. The van der Waals surface area contributed by atoms with Gasteiger partial charge in [0, 0.05) is 13.1 Å². The molecule has 1 aliphatic heterocycles. The highest BCUT2D eigenvalue weighted by Crippen LogP contribution is 2.32. The zero-order chi connectivity index (χ0) is 18.7. The Hall–Kier alpha value is -2.45. The van der Waals surface area contributed by atoms with Crippen LogP contribution in [0.15, 0.2) is 40.4 Å². The molecule has 1 aromatic carbocycles. The molecule has 0 atom stereocenters. The van der Waals surface area contributed by atoms with E-state index < -0.39 is 0 Å². The van der Waals surface area contributed by atoms with E-state index in [1.807, 2.05) is 24.3 Å². The third-order valence-corrected chi connectivity index (χ3v) is 5.28. The monoisotopic (exact) mass is 386 g/mol. The number of nitrogens with one attached hydrogen (secondary N) is 2. The Morgan fingerprint density at radius 2 is 2.12 bits per heavy atom. The van der Waals surface area contributed by atoms with Gasteiger partial charge in [-0.25, -0.2) is 9.98 Å². The summed E-state index contributed by atoms with van der Waals surface area (Å²) >= 11 is 2.60. The molecule has 0 radical (unpaired) electrons. The number of aromatic nitrogens is 1. The molecule has 1 aliphatic rings. The normalized spacial score (nSPS) is 17.2. The molecular formula is C18H18N4O2S2. The summed E-state index contributed by atoms with van der Waals surface area (Å²) in [4.78, 5) is 33.3. The number of nitrogens with zero attached hydrogens (tertiary/aromatic N) is 2. The summed E-state index contributed by atoms with van der Waals surface area (Å²) in [6.07, 6.45) is 3.37. The predicted molar refractivity (Wildman–Crippen MR) is 108 cm³/mol. The minimum Gasteiger partial charge on any atom is -0.302 e. The zero-order valence-electron chi connectivity index (χ0n) is 14.6. The first-order chi connectivity index (χ1) is 12.4. The van der Waals surface area contributed by atoms with E-state index in [9.17, 15) is 9.59 Å². The SMILES string of the molecule is CC(=O)Nc1ncc(/C=C2\S/C(=N\c3ccccc3C(C)C)NC2=O)s1. The van der Waals surface area contributed by atoms with Crippen LogP contribution in [0.5, 0.6) is 0 Å². The molecule has 8 heteroatoms. The molecule has 0 bridgehead atoms. The summed E-state index contributed by atoms with van der Waals surface area (Å²) in [5.41, 5.74) is 1.99. The molecule has 0 unspecified atom stereocenters. The summed E-state index contributed by atoms with van der Waals surface area (Å²) in [6, 6.07) is 7.91. The molecule has 134 valence electrons. The average molecular weight is 387 g/mol. The molecule has 2 N–H and O–H groups in total. The lowest BCUT2D eigenvalue weighted by atomic mass is 10.0.